The normalized spacial score (nSPS) is 22.6. The molecule has 1 fully saturated rings. The summed E-state index contributed by atoms with van der Waals surface area (Å²) in [6.45, 7) is 3.89. The Kier molecular flexibility index (Phi) is 3.46. The number of aromatic hydroxyl groups is 1. The lowest BCUT2D eigenvalue weighted by Gasteiger charge is -2.23. The van der Waals surface area contributed by atoms with Crippen LogP contribution in [0.4, 0.5) is 0 Å². The molecule has 0 aliphatic carbocycles. The summed E-state index contributed by atoms with van der Waals surface area (Å²) in [5, 5.41) is 10.4. The van der Waals surface area contributed by atoms with Crippen molar-refractivity contribution >= 4 is 11.9 Å². The van der Waals surface area contributed by atoms with Crippen LogP contribution in [-0.4, -0.2) is 28.6 Å². The molecule has 0 saturated carbocycles. The highest BCUT2D eigenvalue weighted by Crippen LogP contribution is 2.36. The van der Waals surface area contributed by atoms with Gasteiger partial charge in [0.15, 0.2) is 0 Å². The number of phenols is 1. The van der Waals surface area contributed by atoms with Crippen molar-refractivity contribution in [3.8, 4) is 5.75 Å². The molecule has 1 aromatic carbocycles. The van der Waals surface area contributed by atoms with Crippen LogP contribution >= 0.6 is 0 Å². The van der Waals surface area contributed by atoms with Crippen molar-refractivity contribution in [1.82, 2.24) is 5.06 Å². The molecular formula is C14H17NO4. The maximum Gasteiger partial charge on any atom is 0.332 e. The second-order valence-corrected chi connectivity index (χ2v) is 4.85. The summed E-state index contributed by atoms with van der Waals surface area (Å²) in [5.41, 5.74) is 0.104. The third-order valence-electron chi connectivity index (χ3n) is 3.52. The van der Waals surface area contributed by atoms with Gasteiger partial charge in [-0.25, -0.2) is 4.79 Å². The second-order valence-electron chi connectivity index (χ2n) is 4.85. The maximum absolute atomic E-state index is 12.4. The Morgan fingerprint density at radius 2 is 2.05 bits per heavy atom. The van der Waals surface area contributed by atoms with E-state index in [0.29, 0.717) is 13.0 Å². The van der Waals surface area contributed by atoms with Crippen molar-refractivity contribution < 1.29 is 19.5 Å². The van der Waals surface area contributed by atoms with Crippen LogP contribution in [0.25, 0.3) is 0 Å². The fraction of sp³-hybridized carbons (Fsp3) is 0.429. The second kappa shape index (κ2) is 4.91. The number of nitrogens with zero attached hydrogens (tertiary/aromatic N) is 1. The molecule has 1 aromatic rings. The van der Waals surface area contributed by atoms with Gasteiger partial charge in [0.05, 0.1) is 12.0 Å². The topological polar surface area (TPSA) is 66.8 Å². The number of carbonyl (C=O) groups excluding carboxylic acids is 2. The lowest BCUT2D eigenvalue weighted by molar-refractivity contribution is -0.193. The zero-order valence-corrected chi connectivity index (χ0v) is 11.0. The number of hydroxylamine groups is 2. The van der Waals surface area contributed by atoms with Gasteiger partial charge in [-0.2, -0.15) is 5.06 Å². The van der Waals surface area contributed by atoms with Gasteiger partial charge in [0.1, 0.15) is 5.75 Å². The number of benzene rings is 1. The third-order valence-corrected chi connectivity index (χ3v) is 3.52. The van der Waals surface area contributed by atoms with Gasteiger partial charge in [-0.15, -0.1) is 0 Å². The Bertz CT molecular complexity index is 497. The van der Waals surface area contributed by atoms with E-state index in [-0.39, 0.29) is 18.1 Å². The standard InChI is InChI=1S/C14H17NO4/c1-3-12(17)19-15-9-8-14(2,13(15)18)10-4-6-11(16)7-5-10/h4-7,16H,3,8-9H2,1-2H3. The number of phenolic OH excluding ortho intramolecular Hbond substituents is 1. The Labute approximate surface area is 111 Å². The summed E-state index contributed by atoms with van der Waals surface area (Å²) in [6, 6.07) is 6.54. The molecule has 0 radical (unpaired) electrons. The van der Waals surface area contributed by atoms with Crippen LogP contribution in [0.15, 0.2) is 24.3 Å². The Hall–Kier alpha value is -2.04. The predicted molar refractivity (Wildman–Crippen MR) is 68.2 cm³/mol. The summed E-state index contributed by atoms with van der Waals surface area (Å²) in [4.78, 5) is 28.6. The van der Waals surface area contributed by atoms with Gasteiger partial charge in [0.25, 0.3) is 5.91 Å². The molecule has 1 N–H and O–H groups in total. The van der Waals surface area contributed by atoms with Crippen molar-refractivity contribution in [2.75, 3.05) is 6.54 Å². The van der Waals surface area contributed by atoms with Gasteiger partial charge >= 0.3 is 5.97 Å². The zero-order valence-electron chi connectivity index (χ0n) is 11.0. The molecule has 1 atom stereocenters. The van der Waals surface area contributed by atoms with Crippen LogP contribution in [0, 0.1) is 0 Å². The number of rotatable bonds is 3. The maximum atomic E-state index is 12.4. The molecule has 1 heterocycles. The molecule has 1 amide bonds. The van der Waals surface area contributed by atoms with E-state index in [9.17, 15) is 14.7 Å². The molecule has 1 saturated heterocycles. The third kappa shape index (κ3) is 2.41. The predicted octanol–water partition coefficient (Wildman–Crippen LogP) is 1.75. The van der Waals surface area contributed by atoms with Crippen LogP contribution < -0.4 is 0 Å². The minimum Gasteiger partial charge on any atom is -0.508 e. The van der Waals surface area contributed by atoms with E-state index < -0.39 is 11.4 Å². The summed E-state index contributed by atoms with van der Waals surface area (Å²) >= 11 is 0. The van der Waals surface area contributed by atoms with Gasteiger partial charge in [-0.1, -0.05) is 19.1 Å². The highest BCUT2D eigenvalue weighted by molar-refractivity contribution is 5.90. The van der Waals surface area contributed by atoms with E-state index in [0.717, 1.165) is 10.6 Å². The quantitative estimate of drug-likeness (QED) is 0.902. The van der Waals surface area contributed by atoms with E-state index in [1.54, 1.807) is 31.2 Å². The molecule has 102 valence electrons. The van der Waals surface area contributed by atoms with Crippen molar-refractivity contribution in [3.63, 3.8) is 0 Å². The smallest absolute Gasteiger partial charge is 0.332 e. The first-order valence-electron chi connectivity index (χ1n) is 6.29. The van der Waals surface area contributed by atoms with E-state index in [2.05, 4.69) is 0 Å². The summed E-state index contributed by atoms with van der Waals surface area (Å²) in [7, 11) is 0. The Morgan fingerprint density at radius 1 is 1.42 bits per heavy atom. The van der Waals surface area contributed by atoms with Crippen molar-refractivity contribution in [3.05, 3.63) is 29.8 Å². The summed E-state index contributed by atoms with van der Waals surface area (Å²) in [5.74, 6) is -0.477. The molecule has 1 unspecified atom stereocenters. The van der Waals surface area contributed by atoms with Crippen LogP contribution in [0.2, 0.25) is 0 Å². The molecule has 0 aromatic heterocycles. The van der Waals surface area contributed by atoms with E-state index in [4.69, 9.17) is 4.84 Å². The van der Waals surface area contributed by atoms with Gasteiger partial charge in [-0.05, 0) is 31.0 Å². The largest absolute Gasteiger partial charge is 0.508 e. The lowest BCUT2D eigenvalue weighted by Crippen LogP contribution is -2.36. The Morgan fingerprint density at radius 3 is 2.63 bits per heavy atom. The SMILES string of the molecule is CCC(=O)ON1CCC(C)(c2ccc(O)cc2)C1=O. The zero-order chi connectivity index (χ0) is 14.0. The fourth-order valence-corrected chi connectivity index (χ4v) is 2.18. The van der Waals surface area contributed by atoms with Crippen molar-refractivity contribution in [2.24, 2.45) is 0 Å². The van der Waals surface area contributed by atoms with Crippen LogP contribution in [0.3, 0.4) is 0 Å². The fourth-order valence-electron chi connectivity index (χ4n) is 2.18. The van der Waals surface area contributed by atoms with Gasteiger partial charge in [-0.3, -0.25) is 4.79 Å². The molecule has 1 aliphatic rings. The minimum absolute atomic E-state index is 0.159. The summed E-state index contributed by atoms with van der Waals surface area (Å²) in [6.07, 6.45) is 0.813. The molecule has 19 heavy (non-hydrogen) atoms. The first-order valence-corrected chi connectivity index (χ1v) is 6.29. The number of hydrogen-bond donors (Lipinski definition) is 1. The monoisotopic (exact) mass is 263 g/mol. The number of carbonyl (C=O) groups is 2. The molecule has 5 heteroatoms. The highest BCUT2D eigenvalue weighted by atomic mass is 16.7. The molecular weight excluding hydrogens is 246 g/mol. The molecule has 5 nitrogen and oxygen atoms in total. The molecule has 1 aliphatic heterocycles. The number of hydrogen-bond acceptors (Lipinski definition) is 4. The average molecular weight is 263 g/mol. The van der Waals surface area contributed by atoms with Crippen LogP contribution in [0.1, 0.15) is 32.3 Å². The van der Waals surface area contributed by atoms with E-state index in [1.165, 1.54) is 0 Å². The first-order chi connectivity index (χ1) is 8.97. The highest BCUT2D eigenvalue weighted by Gasteiger charge is 2.45. The molecule has 0 bridgehead atoms. The summed E-state index contributed by atoms with van der Waals surface area (Å²) < 4.78 is 0. The van der Waals surface area contributed by atoms with Gasteiger partial charge < -0.3 is 9.94 Å². The minimum atomic E-state index is -0.707. The van der Waals surface area contributed by atoms with E-state index in [1.807, 2.05) is 6.92 Å². The first kappa shape index (κ1) is 13.4. The molecule has 0 spiro atoms. The average Bonchev–Trinajstić information content (AvgIpc) is 2.69. The van der Waals surface area contributed by atoms with Crippen LogP contribution in [-0.2, 0) is 19.8 Å². The Balaban J connectivity index is 2.19. The van der Waals surface area contributed by atoms with Crippen molar-refractivity contribution in [2.45, 2.75) is 32.1 Å². The van der Waals surface area contributed by atoms with Crippen molar-refractivity contribution in [1.29, 1.82) is 0 Å². The van der Waals surface area contributed by atoms with E-state index >= 15 is 0 Å². The van der Waals surface area contributed by atoms with Gasteiger partial charge in [0.2, 0.25) is 0 Å². The molecule has 2 rings (SSSR count). The lowest BCUT2D eigenvalue weighted by atomic mass is 9.81. The number of amides is 1. The van der Waals surface area contributed by atoms with Crippen LogP contribution in [0.5, 0.6) is 5.75 Å². The van der Waals surface area contributed by atoms with Gasteiger partial charge in [0, 0.05) is 6.42 Å².